The molecule has 1 heterocycles. The number of carbonyl (C=O) groups is 1. The molecule has 2 amide bonds. The first-order valence-electron chi connectivity index (χ1n) is 7.84. The minimum Gasteiger partial charge on any atom is -0.409 e. The van der Waals surface area contributed by atoms with Crippen molar-refractivity contribution in [1.29, 1.82) is 0 Å². The van der Waals surface area contributed by atoms with E-state index in [4.69, 9.17) is 10.9 Å². The third-order valence-electron chi connectivity index (χ3n) is 4.08. The summed E-state index contributed by atoms with van der Waals surface area (Å²) in [5.41, 5.74) is 5.79. The van der Waals surface area contributed by atoms with Crippen LogP contribution >= 0.6 is 0 Å². The van der Waals surface area contributed by atoms with Crippen molar-refractivity contribution in [3.05, 3.63) is 0 Å². The van der Waals surface area contributed by atoms with Crippen LogP contribution in [-0.2, 0) is 0 Å². The van der Waals surface area contributed by atoms with Gasteiger partial charge in [0.15, 0.2) is 5.84 Å². The molecule has 1 aliphatic heterocycles. The van der Waals surface area contributed by atoms with Crippen LogP contribution in [-0.4, -0.2) is 77.1 Å². The molecule has 0 aromatic rings. The van der Waals surface area contributed by atoms with Gasteiger partial charge in [-0.3, -0.25) is 4.90 Å². The number of urea groups is 1. The standard InChI is InChI=1S/C14H29N5O2/c1-4-7-12(13(15)16-21)18-8-10-19(11-9-18)14(20)17(5-2)6-3/h12,21H,4-11H2,1-3H3,(H2,15,16). The van der Waals surface area contributed by atoms with Gasteiger partial charge in [-0.05, 0) is 20.3 Å². The van der Waals surface area contributed by atoms with Crippen LogP contribution < -0.4 is 5.73 Å². The molecule has 0 aliphatic carbocycles. The smallest absolute Gasteiger partial charge is 0.320 e. The number of nitrogens with zero attached hydrogens (tertiary/aromatic N) is 4. The Balaban J connectivity index is 2.59. The van der Waals surface area contributed by atoms with Crippen molar-refractivity contribution < 1.29 is 10.0 Å². The molecule has 0 bridgehead atoms. The van der Waals surface area contributed by atoms with Gasteiger partial charge in [0.25, 0.3) is 0 Å². The van der Waals surface area contributed by atoms with Crippen molar-refractivity contribution in [3.63, 3.8) is 0 Å². The van der Waals surface area contributed by atoms with Gasteiger partial charge >= 0.3 is 6.03 Å². The van der Waals surface area contributed by atoms with E-state index in [9.17, 15) is 4.79 Å². The molecule has 1 atom stereocenters. The molecule has 1 unspecified atom stereocenters. The van der Waals surface area contributed by atoms with Gasteiger partial charge in [-0.25, -0.2) is 4.79 Å². The van der Waals surface area contributed by atoms with E-state index in [-0.39, 0.29) is 17.9 Å². The molecule has 0 radical (unpaired) electrons. The third kappa shape index (κ3) is 4.49. The van der Waals surface area contributed by atoms with E-state index in [1.54, 1.807) is 0 Å². The number of carbonyl (C=O) groups excluding carboxylic acids is 1. The zero-order valence-corrected chi connectivity index (χ0v) is 13.5. The highest BCUT2D eigenvalue weighted by Crippen LogP contribution is 2.13. The molecule has 1 rings (SSSR count). The molecule has 122 valence electrons. The SMILES string of the molecule is CCCC(C(N)=NO)N1CCN(C(=O)N(CC)CC)CC1. The summed E-state index contributed by atoms with van der Waals surface area (Å²) in [6.07, 6.45) is 1.83. The van der Waals surface area contributed by atoms with Crippen LogP contribution in [0, 0.1) is 0 Å². The molecule has 1 aliphatic rings. The minimum atomic E-state index is -0.0364. The van der Waals surface area contributed by atoms with Gasteiger partial charge in [-0.2, -0.15) is 0 Å². The summed E-state index contributed by atoms with van der Waals surface area (Å²) < 4.78 is 0. The van der Waals surface area contributed by atoms with E-state index in [1.165, 1.54) is 0 Å². The van der Waals surface area contributed by atoms with Crippen molar-refractivity contribution >= 4 is 11.9 Å². The average molecular weight is 299 g/mol. The summed E-state index contributed by atoms with van der Waals surface area (Å²) in [5, 5.41) is 12.1. The van der Waals surface area contributed by atoms with E-state index < -0.39 is 0 Å². The summed E-state index contributed by atoms with van der Waals surface area (Å²) in [4.78, 5) is 18.2. The van der Waals surface area contributed by atoms with Crippen molar-refractivity contribution in [2.75, 3.05) is 39.3 Å². The number of amidine groups is 1. The van der Waals surface area contributed by atoms with Gasteiger partial charge < -0.3 is 20.7 Å². The van der Waals surface area contributed by atoms with Crippen LogP contribution in [0.25, 0.3) is 0 Å². The Morgan fingerprint density at radius 1 is 1.24 bits per heavy atom. The van der Waals surface area contributed by atoms with E-state index >= 15 is 0 Å². The Hall–Kier alpha value is -1.50. The number of hydrogen-bond acceptors (Lipinski definition) is 4. The quantitative estimate of drug-likeness (QED) is 0.331. The lowest BCUT2D eigenvalue weighted by molar-refractivity contribution is 0.103. The minimum absolute atomic E-state index is 0.0364. The molecule has 0 saturated carbocycles. The summed E-state index contributed by atoms with van der Waals surface area (Å²) in [7, 11) is 0. The highest BCUT2D eigenvalue weighted by Gasteiger charge is 2.29. The highest BCUT2D eigenvalue weighted by atomic mass is 16.4. The molecular weight excluding hydrogens is 270 g/mol. The van der Waals surface area contributed by atoms with Crippen LogP contribution in [0.3, 0.4) is 0 Å². The van der Waals surface area contributed by atoms with E-state index in [2.05, 4.69) is 17.0 Å². The van der Waals surface area contributed by atoms with E-state index in [0.717, 1.165) is 39.0 Å². The fourth-order valence-electron chi connectivity index (χ4n) is 2.78. The maximum absolute atomic E-state index is 12.3. The Bertz CT molecular complexity index is 349. The maximum atomic E-state index is 12.3. The second-order valence-corrected chi connectivity index (χ2v) is 5.31. The average Bonchev–Trinajstić information content (AvgIpc) is 2.53. The molecule has 1 saturated heterocycles. The second kappa shape index (κ2) is 8.71. The van der Waals surface area contributed by atoms with Crippen molar-refractivity contribution in [1.82, 2.24) is 14.7 Å². The Morgan fingerprint density at radius 2 is 1.81 bits per heavy atom. The molecule has 0 spiro atoms. The van der Waals surface area contributed by atoms with Gasteiger partial charge in [0.2, 0.25) is 0 Å². The van der Waals surface area contributed by atoms with Gasteiger partial charge in [0.05, 0.1) is 6.04 Å². The summed E-state index contributed by atoms with van der Waals surface area (Å²) >= 11 is 0. The van der Waals surface area contributed by atoms with Crippen LogP contribution in [0.5, 0.6) is 0 Å². The zero-order valence-electron chi connectivity index (χ0n) is 13.5. The zero-order chi connectivity index (χ0) is 15.8. The fourth-order valence-corrected chi connectivity index (χ4v) is 2.78. The first kappa shape index (κ1) is 17.6. The second-order valence-electron chi connectivity index (χ2n) is 5.31. The third-order valence-corrected chi connectivity index (χ3v) is 4.08. The molecular formula is C14H29N5O2. The summed E-state index contributed by atoms with van der Waals surface area (Å²) in [6.45, 7) is 10.4. The number of rotatable bonds is 6. The van der Waals surface area contributed by atoms with E-state index in [0.29, 0.717) is 13.1 Å². The maximum Gasteiger partial charge on any atom is 0.320 e. The van der Waals surface area contributed by atoms with Crippen LogP contribution in [0.2, 0.25) is 0 Å². The number of hydrogen-bond donors (Lipinski definition) is 2. The van der Waals surface area contributed by atoms with Crippen LogP contribution in [0.15, 0.2) is 5.16 Å². The Labute approximate surface area is 127 Å². The summed E-state index contributed by atoms with van der Waals surface area (Å²) in [5.74, 6) is 0.264. The van der Waals surface area contributed by atoms with Crippen molar-refractivity contribution in [3.8, 4) is 0 Å². The molecule has 0 aromatic carbocycles. The lowest BCUT2D eigenvalue weighted by atomic mass is 10.1. The van der Waals surface area contributed by atoms with Gasteiger partial charge in [0, 0.05) is 39.3 Å². The first-order chi connectivity index (χ1) is 10.1. The van der Waals surface area contributed by atoms with Gasteiger partial charge in [-0.15, -0.1) is 0 Å². The highest BCUT2D eigenvalue weighted by molar-refractivity contribution is 5.85. The lowest BCUT2D eigenvalue weighted by Crippen LogP contribution is -2.57. The number of oxime groups is 1. The largest absolute Gasteiger partial charge is 0.409 e. The van der Waals surface area contributed by atoms with Gasteiger partial charge in [0.1, 0.15) is 0 Å². The first-order valence-corrected chi connectivity index (χ1v) is 7.84. The van der Waals surface area contributed by atoms with Crippen molar-refractivity contribution in [2.45, 2.75) is 39.7 Å². The van der Waals surface area contributed by atoms with Crippen LogP contribution in [0.1, 0.15) is 33.6 Å². The van der Waals surface area contributed by atoms with Gasteiger partial charge in [-0.1, -0.05) is 18.5 Å². The molecule has 0 aromatic heterocycles. The topological polar surface area (TPSA) is 85.4 Å². The normalized spacial score (nSPS) is 18.6. The molecule has 7 heteroatoms. The predicted molar refractivity (Wildman–Crippen MR) is 83.6 cm³/mol. The Morgan fingerprint density at radius 3 is 2.24 bits per heavy atom. The molecule has 21 heavy (non-hydrogen) atoms. The fraction of sp³-hybridized carbons (Fsp3) is 0.857. The molecule has 7 nitrogen and oxygen atoms in total. The number of piperazine rings is 1. The van der Waals surface area contributed by atoms with Crippen LogP contribution in [0.4, 0.5) is 4.79 Å². The number of amides is 2. The monoisotopic (exact) mass is 299 g/mol. The van der Waals surface area contributed by atoms with E-state index in [1.807, 2.05) is 23.6 Å². The Kier molecular flexibility index (Phi) is 7.28. The number of nitrogens with two attached hydrogens (primary N) is 1. The molecule has 1 fully saturated rings. The lowest BCUT2D eigenvalue weighted by Gasteiger charge is -2.40. The summed E-state index contributed by atoms with van der Waals surface area (Å²) in [6, 6.07) is 0.0706. The molecule has 3 N–H and O–H groups in total. The predicted octanol–water partition coefficient (Wildman–Crippen LogP) is 0.981. The van der Waals surface area contributed by atoms with Crippen molar-refractivity contribution in [2.24, 2.45) is 10.9 Å².